The Hall–Kier alpha value is -4.58. The van der Waals surface area contributed by atoms with Gasteiger partial charge < -0.3 is 35.1 Å². The average Bonchev–Trinajstić information content (AvgIpc) is 3.64. The van der Waals surface area contributed by atoms with Gasteiger partial charge in [-0.1, -0.05) is 91.0 Å². The highest BCUT2D eigenvalue weighted by atomic mass is 16.7. The molecule has 0 aliphatic carbocycles. The summed E-state index contributed by atoms with van der Waals surface area (Å²) in [6, 6.07) is 32.3. The molecule has 2 saturated heterocycles. The molecule has 0 unspecified atom stereocenters. The summed E-state index contributed by atoms with van der Waals surface area (Å²) in [6.45, 7) is 2.04. The van der Waals surface area contributed by atoms with E-state index in [1.54, 1.807) is 0 Å². The molecular formula is C41H47N3O7. The van der Waals surface area contributed by atoms with Crippen molar-refractivity contribution in [2.45, 2.75) is 69.4 Å². The maximum absolute atomic E-state index is 12.9. The summed E-state index contributed by atoms with van der Waals surface area (Å²) in [5.74, 6) is -0.510. The van der Waals surface area contributed by atoms with E-state index in [0.29, 0.717) is 19.4 Å². The maximum Gasteiger partial charge on any atom is 0.328 e. The van der Waals surface area contributed by atoms with Crippen LogP contribution in [0.2, 0.25) is 0 Å². The molecule has 2 fully saturated rings. The van der Waals surface area contributed by atoms with E-state index in [9.17, 15) is 19.8 Å². The van der Waals surface area contributed by atoms with Gasteiger partial charge in [0.15, 0.2) is 6.29 Å². The zero-order valence-electron chi connectivity index (χ0n) is 28.9. The number of likely N-dealkylation sites (tertiary alicyclic amines) is 1. The van der Waals surface area contributed by atoms with Gasteiger partial charge in [-0.3, -0.25) is 4.90 Å². The van der Waals surface area contributed by atoms with Crippen LogP contribution >= 0.6 is 0 Å². The molecular weight excluding hydrogens is 646 g/mol. The number of esters is 1. The molecule has 2 aliphatic rings. The molecule has 0 spiro atoms. The van der Waals surface area contributed by atoms with Gasteiger partial charge in [-0.25, -0.2) is 9.59 Å². The van der Waals surface area contributed by atoms with Crippen LogP contribution in [0.25, 0.3) is 11.1 Å². The Bertz CT molecular complexity index is 1740. The number of nitrogens with one attached hydrogen (secondary N) is 2. The number of carbonyl (C=O) groups is 2. The number of methoxy groups -OCH3 is 1. The minimum absolute atomic E-state index is 0.0143. The quantitative estimate of drug-likeness (QED) is 0.137. The predicted octanol–water partition coefficient (Wildman–Crippen LogP) is 5.43. The topological polar surface area (TPSA) is 130 Å². The number of nitrogens with zero attached hydrogens (tertiary/aromatic N) is 1. The summed E-state index contributed by atoms with van der Waals surface area (Å²) in [7, 11) is 1.31. The van der Waals surface area contributed by atoms with Crippen molar-refractivity contribution in [2.75, 3.05) is 26.8 Å². The van der Waals surface area contributed by atoms with E-state index in [0.717, 1.165) is 58.3 Å². The standard InChI is InChI=1S/C41H47N3O7/c1-49-39(47)37(21-28-8-3-2-4-9-28)43-41(48)42-24-30-10-5-11-32(20-30)33-12-6-13-34(22-33)40-50-36(25-44-19-7-14-35(44)27-46)23-38(51-40)31-17-15-29(26-45)16-18-31/h2-6,8-13,15-18,20,22,35-38,40,45-46H,7,14,19,21,23-27H2,1H3,(H2,42,43,48)/t35-,36-,37-,38+,40+/m0/s1. The predicted molar refractivity (Wildman–Crippen MR) is 193 cm³/mol. The molecule has 51 heavy (non-hydrogen) atoms. The monoisotopic (exact) mass is 693 g/mol. The Balaban J connectivity index is 1.14. The fraction of sp³-hybridized carbons (Fsp3) is 0.366. The number of rotatable bonds is 13. The largest absolute Gasteiger partial charge is 0.467 e. The SMILES string of the molecule is COC(=O)[C@H](Cc1ccccc1)NC(=O)NCc1cccc(-c2cccc([C@@H]3O[C@H](CN4CCC[C@H]4CO)C[C@H](c4ccc(CO)cc4)O3)c2)c1. The molecule has 2 heterocycles. The zero-order chi connectivity index (χ0) is 35.6. The van der Waals surface area contributed by atoms with Crippen LogP contribution < -0.4 is 10.6 Å². The van der Waals surface area contributed by atoms with Crippen LogP contribution in [0.1, 0.15) is 59.5 Å². The van der Waals surface area contributed by atoms with Gasteiger partial charge in [0.05, 0.1) is 32.5 Å². The third-order valence-corrected chi connectivity index (χ3v) is 9.71. The van der Waals surface area contributed by atoms with Crippen LogP contribution in [-0.2, 0) is 38.6 Å². The second-order valence-corrected chi connectivity index (χ2v) is 13.2. The van der Waals surface area contributed by atoms with Gasteiger partial charge in [0.25, 0.3) is 0 Å². The van der Waals surface area contributed by atoms with E-state index >= 15 is 0 Å². The zero-order valence-corrected chi connectivity index (χ0v) is 28.9. The second kappa shape index (κ2) is 17.6. The number of aliphatic hydroxyl groups excluding tert-OH is 2. The molecule has 268 valence electrons. The van der Waals surface area contributed by atoms with Crippen molar-refractivity contribution < 1.29 is 34.0 Å². The molecule has 6 rings (SSSR count). The first kappa shape index (κ1) is 36.2. The van der Waals surface area contributed by atoms with Crippen LogP contribution in [0, 0.1) is 0 Å². The summed E-state index contributed by atoms with van der Waals surface area (Å²) in [5, 5.41) is 25.1. The number of carbonyl (C=O) groups excluding carboxylic acids is 2. The van der Waals surface area contributed by atoms with Gasteiger partial charge in [-0.2, -0.15) is 0 Å². The van der Waals surface area contributed by atoms with E-state index in [1.165, 1.54) is 7.11 Å². The van der Waals surface area contributed by atoms with Crippen molar-refractivity contribution in [3.8, 4) is 11.1 Å². The third-order valence-electron chi connectivity index (χ3n) is 9.71. The lowest BCUT2D eigenvalue weighted by atomic mass is 9.98. The third kappa shape index (κ3) is 9.61. The Labute approximate surface area is 299 Å². The smallest absolute Gasteiger partial charge is 0.328 e. The van der Waals surface area contributed by atoms with Gasteiger partial charge in [-0.05, 0) is 64.9 Å². The Kier molecular flexibility index (Phi) is 12.5. The highest BCUT2D eigenvalue weighted by Crippen LogP contribution is 2.39. The second-order valence-electron chi connectivity index (χ2n) is 13.2. The van der Waals surface area contributed by atoms with Crippen LogP contribution in [0.3, 0.4) is 0 Å². The molecule has 4 N–H and O–H groups in total. The van der Waals surface area contributed by atoms with E-state index < -0.39 is 24.3 Å². The maximum atomic E-state index is 12.9. The molecule has 5 atom stereocenters. The van der Waals surface area contributed by atoms with E-state index in [-0.39, 0.29) is 38.0 Å². The molecule has 2 aliphatic heterocycles. The summed E-state index contributed by atoms with van der Waals surface area (Å²) in [4.78, 5) is 27.6. The van der Waals surface area contributed by atoms with Crippen LogP contribution in [0.4, 0.5) is 4.79 Å². The Morgan fingerprint density at radius 1 is 0.863 bits per heavy atom. The number of hydrogen-bond acceptors (Lipinski definition) is 8. The minimum atomic E-state index is -0.818. The average molecular weight is 694 g/mol. The first-order valence-electron chi connectivity index (χ1n) is 17.6. The molecule has 4 aromatic carbocycles. The molecule has 10 heteroatoms. The van der Waals surface area contributed by atoms with Crippen molar-refractivity contribution >= 4 is 12.0 Å². The summed E-state index contributed by atoms with van der Waals surface area (Å²) >= 11 is 0. The van der Waals surface area contributed by atoms with Gasteiger partial charge in [0.1, 0.15) is 6.04 Å². The lowest BCUT2D eigenvalue weighted by molar-refractivity contribution is -0.253. The van der Waals surface area contributed by atoms with Crippen molar-refractivity contribution in [1.29, 1.82) is 0 Å². The highest BCUT2D eigenvalue weighted by Gasteiger charge is 2.35. The Morgan fingerprint density at radius 3 is 2.35 bits per heavy atom. The molecule has 2 amide bonds. The highest BCUT2D eigenvalue weighted by molar-refractivity contribution is 5.83. The molecule has 0 saturated carbocycles. The molecule has 0 radical (unpaired) electrons. The lowest BCUT2D eigenvalue weighted by Crippen LogP contribution is -2.47. The molecule has 0 aromatic heterocycles. The fourth-order valence-corrected chi connectivity index (χ4v) is 6.94. The number of ether oxygens (including phenoxy) is 3. The lowest BCUT2D eigenvalue weighted by Gasteiger charge is -2.38. The number of amides is 2. The summed E-state index contributed by atoms with van der Waals surface area (Å²) in [6.07, 6.45) is 2.14. The molecule has 10 nitrogen and oxygen atoms in total. The first-order chi connectivity index (χ1) is 24.9. The number of aliphatic hydroxyl groups is 2. The van der Waals surface area contributed by atoms with Gasteiger partial charge in [0, 0.05) is 37.5 Å². The van der Waals surface area contributed by atoms with Gasteiger partial charge in [-0.15, -0.1) is 0 Å². The van der Waals surface area contributed by atoms with Gasteiger partial charge >= 0.3 is 12.0 Å². The summed E-state index contributed by atoms with van der Waals surface area (Å²) < 4.78 is 18.2. The molecule has 0 bridgehead atoms. The van der Waals surface area contributed by atoms with Crippen LogP contribution in [0.5, 0.6) is 0 Å². The Morgan fingerprint density at radius 2 is 1.61 bits per heavy atom. The van der Waals surface area contributed by atoms with E-state index in [2.05, 4.69) is 21.6 Å². The summed E-state index contributed by atoms with van der Waals surface area (Å²) in [5.41, 5.74) is 6.53. The number of hydrogen-bond donors (Lipinski definition) is 4. The van der Waals surface area contributed by atoms with Crippen molar-refractivity contribution in [1.82, 2.24) is 15.5 Å². The van der Waals surface area contributed by atoms with Crippen molar-refractivity contribution in [3.05, 3.63) is 131 Å². The first-order valence-corrected chi connectivity index (χ1v) is 17.6. The van der Waals surface area contributed by atoms with Crippen LogP contribution in [-0.4, -0.2) is 72.1 Å². The van der Waals surface area contributed by atoms with Gasteiger partial charge in [0.2, 0.25) is 0 Å². The number of urea groups is 1. The fourth-order valence-electron chi connectivity index (χ4n) is 6.94. The molecule has 4 aromatic rings. The normalized spacial score (nSPS) is 21.2. The number of benzene rings is 4. The van der Waals surface area contributed by atoms with Crippen molar-refractivity contribution in [3.63, 3.8) is 0 Å². The van der Waals surface area contributed by atoms with Crippen molar-refractivity contribution in [2.24, 2.45) is 0 Å². The van der Waals surface area contributed by atoms with Crippen LogP contribution in [0.15, 0.2) is 103 Å². The minimum Gasteiger partial charge on any atom is -0.467 e. The van der Waals surface area contributed by atoms with E-state index in [4.69, 9.17) is 14.2 Å². The van der Waals surface area contributed by atoms with E-state index in [1.807, 2.05) is 97.1 Å².